The van der Waals surface area contributed by atoms with E-state index in [1.54, 1.807) is 13.8 Å². The Balaban J connectivity index is 1.89. The maximum absolute atomic E-state index is 12.9. The molecular formula is C15H21N3O4S. The van der Waals surface area contributed by atoms with Crippen LogP contribution in [0.1, 0.15) is 24.0 Å². The minimum absolute atomic E-state index is 0.0593. The predicted octanol–water partition coefficient (Wildman–Crippen LogP) is 1.68. The van der Waals surface area contributed by atoms with Crippen molar-refractivity contribution in [3.8, 4) is 0 Å². The van der Waals surface area contributed by atoms with Gasteiger partial charge in [-0.05, 0) is 37.8 Å². The molecule has 1 aliphatic carbocycles. The summed E-state index contributed by atoms with van der Waals surface area (Å²) in [6, 6.07) is 3.23. The van der Waals surface area contributed by atoms with Crippen molar-refractivity contribution in [3.05, 3.63) is 33.4 Å². The molecule has 7 nitrogen and oxygen atoms in total. The molecule has 0 bridgehead atoms. The SMILES string of the molecule is Cc1cc([N+](=O)[O-])cc(S(=O)(=O)N2CCN(C3CC3)CC2)c1C. The number of hydrogen-bond donors (Lipinski definition) is 0. The van der Waals surface area contributed by atoms with Gasteiger partial charge in [0, 0.05) is 44.4 Å². The number of nitro groups is 1. The molecule has 0 spiro atoms. The first-order valence-electron chi connectivity index (χ1n) is 7.80. The summed E-state index contributed by atoms with van der Waals surface area (Å²) >= 11 is 0. The average molecular weight is 339 g/mol. The van der Waals surface area contributed by atoms with Crippen LogP contribution in [0.15, 0.2) is 17.0 Å². The second kappa shape index (κ2) is 5.85. The largest absolute Gasteiger partial charge is 0.298 e. The maximum atomic E-state index is 12.9. The van der Waals surface area contributed by atoms with Gasteiger partial charge in [0.05, 0.1) is 9.82 Å². The molecule has 2 fully saturated rings. The first-order chi connectivity index (χ1) is 10.8. The lowest BCUT2D eigenvalue weighted by atomic mass is 10.1. The molecule has 0 unspecified atom stereocenters. The van der Waals surface area contributed by atoms with Crippen molar-refractivity contribution < 1.29 is 13.3 Å². The van der Waals surface area contributed by atoms with Crippen molar-refractivity contribution in [1.82, 2.24) is 9.21 Å². The quantitative estimate of drug-likeness (QED) is 0.615. The van der Waals surface area contributed by atoms with Crippen LogP contribution in [0.3, 0.4) is 0 Å². The van der Waals surface area contributed by atoms with Crippen molar-refractivity contribution in [2.24, 2.45) is 0 Å². The number of non-ortho nitro benzene ring substituents is 1. The molecule has 0 atom stereocenters. The third kappa shape index (κ3) is 3.11. The predicted molar refractivity (Wildman–Crippen MR) is 85.9 cm³/mol. The molecule has 0 aromatic heterocycles. The standard InChI is InChI=1S/C15H21N3O4S/c1-11-9-14(18(19)20)10-15(12(11)2)23(21,22)17-7-5-16(6-8-17)13-3-4-13/h9-10,13H,3-8H2,1-2H3. The molecule has 1 saturated carbocycles. The molecule has 126 valence electrons. The van der Waals surface area contributed by atoms with Crippen molar-refractivity contribution in [1.29, 1.82) is 0 Å². The van der Waals surface area contributed by atoms with Crippen molar-refractivity contribution in [3.63, 3.8) is 0 Å². The molecule has 1 heterocycles. The smallest absolute Gasteiger partial charge is 0.271 e. The number of aryl methyl sites for hydroxylation is 1. The number of rotatable bonds is 4. The molecule has 8 heteroatoms. The fourth-order valence-corrected chi connectivity index (χ4v) is 4.81. The van der Waals surface area contributed by atoms with Crippen LogP contribution in [0.25, 0.3) is 0 Å². The lowest BCUT2D eigenvalue weighted by Crippen LogP contribution is -2.49. The Morgan fingerprint density at radius 2 is 1.74 bits per heavy atom. The van der Waals surface area contributed by atoms with Crippen LogP contribution in [-0.4, -0.2) is 54.8 Å². The van der Waals surface area contributed by atoms with Crippen LogP contribution in [0.2, 0.25) is 0 Å². The molecule has 1 aromatic carbocycles. The molecule has 23 heavy (non-hydrogen) atoms. The summed E-state index contributed by atoms with van der Waals surface area (Å²) in [5.74, 6) is 0. The van der Waals surface area contributed by atoms with Gasteiger partial charge in [-0.3, -0.25) is 15.0 Å². The number of nitrogens with zero attached hydrogens (tertiary/aromatic N) is 3. The van der Waals surface area contributed by atoms with Gasteiger partial charge in [0.25, 0.3) is 5.69 Å². The van der Waals surface area contributed by atoms with Crippen LogP contribution in [-0.2, 0) is 10.0 Å². The van der Waals surface area contributed by atoms with Crippen LogP contribution in [0.4, 0.5) is 5.69 Å². The van der Waals surface area contributed by atoms with E-state index in [0.717, 1.165) is 13.1 Å². The van der Waals surface area contributed by atoms with Crippen molar-refractivity contribution >= 4 is 15.7 Å². The summed E-state index contributed by atoms with van der Waals surface area (Å²) in [6.07, 6.45) is 2.41. The minimum atomic E-state index is -3.70. The molecule has 1 saturated heterocycles. The van der Waals surface area contributed by atoms with Crippen LogP contribution in [0, 0.1) is 24.0 Å². The monoisotopic (exact) mass is 339 g/mol. The van der Waals surface area contributed by atoms with E-state index in [9.17, 15) is 18.5 Å². The van der Waals surface area contributed by atoms with Crippen molar-refractivity contribution in [2.45, 2.75) is 37.6 Å². The molecule has 1 aromatic rings. The molecule has 2 aliphatic rings. The van der Waals surface area contributed by atoms with Crippen LogP contribution in [0.5, 0.6) is 0 Å². The van der Waals surface area contributed by atoms with E-state index in [-0.39, 0.29) is 10.6 Å². The van der Waals surface area contributed by atoms with Gasteiger partial charge in [0.15, 0.2) is 0 Å². The highest BCUT2D eigenvalue weighted by molar-refractivity contribution is 7.89. The molecule has 0 amide bonds. The first kappa shape index (κ1) is 16.4. The Kier molecular flexibility index (Phi) is 4.16. The highest BCUT2D eigenvalue weighted by Crippen LogP contribution is 2.31. The Bertz CT molecular complexity index is 735. The summed E-state index contributed by atoms with van der Waals surface area (Å²) in [5, 5.41) is 11.0. The Hall–Kier alpha value is -1.51. The van der Waals surface area contributed by atoms with Crippen LogP contribution >= 0.6 is 0 Å². The van der Waals surface area contributed by atoms with E-state index < -0.39 is 14.9 Å². The number of nitro benzene ring substituents is 1. The number of hydrogen-bond acceptors (Lipinski definition) is 5. The zero-order valence-electron chi connectivity index (χ0n) is 13.4. The van der Waals surface area contributed by atoms with Gasteiger partial charge < -0.3 is 0 Å². The van der Waals surface area contributed by atoms with E-state index in [1.807, 2.05) is 0 Å². The Morgan fingerprint density at radius 3 is 2.26 bits per heavy atom. The van der Waals surface area contributed by atoms with E-state index in [1.165, 1.54) is 29.3 Å². The second-order valence-corrected chi connectivity index (χ2v) is 8.22. The van der Waals surface area contributed by atoms with Gasteiger partial charge in [0.2, 0.25) is 10.0 Å². The lowest BCUT2D eigenvalue weighted by Gasteiger charge is -2.34. The van der Waals surface area contributed by atoms with Crippen LogP contribution < -0.4 is 0 Å². The summed E-state index contributed by atoms with van der Waals surface area (Å²) in [6.45, 7) is 5.76. The highest BCUT2D eigenvalue weighted by Gasteiger charge is 2.36. The van der Waals surface area contributed by atoms with Crippen molar-refractivity contribution in [2.75, 3.05) is 26.2 Å². The summed E-state index contributed by atoms with van der Waals surface area (Å²) in [5.41, 5.74) is 1.03. The van der Waals surface area contributed by atoms with Gasteiger partial charge in [-0.25, -0.2) is 8.42 Å². The van der Waals surface area contributed by atoms with E-state index >= 15 is 0 Å². The molecule has 0 N–H and O–H groups in total. The number of sulfonamides is 1. The normalized spacial score (nSPS) is 20.6. The topological polar surface area (TPSA) is 83.8 Å². The Morgan fingerprint density at radius 1 is 1.13 bits per heavy atom. The highest BCUT2D eigenvalue weighted by atomic mass is 32.2. The van der Waals surface area contributed by atoms with Gasteiger partial charge in [-0.2, -0.15) is 4.31 Å². The molecule has 3 rings (SSSR count). The average Bonchev–Trinajstić information content (AvgIpc) is 3.34. The minimum Gasteiger partial charge on any atom is -0.298 e. The van der Waals surface area contributed by atoms with E-state index in [0.29, 0.717) is 30.3 Å². The zero-order chi connectivity index (χ0) is 16.8. The van der Waals surface area contributed by atoms with E-state index in [2.05, 4.69) is 4.90 Å². The van der Waals surface area contributed by atoms with E-state index in [4.69, 9.17) is 0 Å². The van der Waals surface area contributed by atoms with Gasteiger partial charge in [-0.1, -0.05) is 0 Å². The van der Waals surface area contributed by atoms with Gasteiger partial charge in [0.1, 0.15) is 0 Å². The molecule has 0 radical (unpaired) electrons. The fraction of sp³-hybridized carbons (Fsp3) is 0.600. The first-order valence-corrected chi connectivity index (χ1v) is 9.24. The molecular weight excluding hydrogens is 318 g/mol. The van der Waals surface area contributed by atoms with Gasteiger partial charge in [-0.15, -0.1) is 0 Å². The summed E-state index contributed by atoms with van der Waals surface area (Å²) in [7, 11) is -3.70. The number of benzene rings is 1. The summed E-state index contributed by atoms with van der Waals surface area (Å²) < 4.78 is 27.3. The maximum Gasteiger partial charge on any atom is 0.271 e. The zero-order valence-corrected chi connectivity index (χ0v) is 14.2. The lowest BCUT2D eigenvalue weighted by molar-refractivity contribution is -0.385. The fourth-order valence-electron chi connectivity index (χ4n) is 3.07. The summed E-state index contributed by atoms with van der Waals surface area (Å²) in [4.78, 5) is 12.9. The second-order valence-electron chi connectivity index (χ2n) is 6.31. The van der Waals surface area contributed by atoms with Gasteiger partial charge >= 0.3 is 0 Å². The molecule has 1 aliphatic heterocycles. The number of piperazine rings is 1. The third-order valence-electron chi connectivity index (χ3n) is 4.77. The Labute approximate surface area is 136 Å². The third-order valence-corrected chi connectivity index (χ3v) is 6.79.